The molecule has 0 saturated carbocycles. The Morgan fingerprint density at radius 3 is 2.18 bits per heavy atom. The van der Waals surface area contributed by atoms with Gasteiger partial charge in [-0.15, -0.1) is 0 Å². The molecule has 22 heavy (non-hydrogen) atoms. The van der Waals surface area contributed by atoms with Crippen LogP contribution in [0.4, 0.5) is 0 Å². The molecule has 0 aliphatic carbocycles. The van der Waals surface area contributed by atoms with E-state index in [9.17, 15) is 20.4 Å². The number of aliphatic hydroxyl groups is 5. The Bertz CT molecular complexity index is 477. The lowest BCUT2D eigenvalue weighted by atomic mass is 10.0. The minimum Gasteiger partial charge on any atom is -0.394 e. The molecule has 0 radical (unpaired) electrons. The molecule has 1 aromatic carbocycles. The number of hydrogen-bond acceptors (Lipinski definition) is 6. The van der Waals surface area contributed by atoms with E-state index < -0.39 is 31.0 Å². The second kappa shape index (κ2) is 9.00. The summed E-state index contributed by atoms with van der Waals surface area (Å²) in [5.74, 6) is 0. The van der Waals surface area contributed by atoms with Crippen molar-refractivity contribution in [3.8, 4) is 0 Å². The van der Waals surface area contributed by atoms with Crippen molar-refractivity contribution in [3.05, 3.63) is 33.8 Å². The van der Waals surface area contributed by atoms with E-state index in [4.69, 9.17) is 28.3 Å². The van der Waals surface area contributed by atoms with Gasteiger partial charge in [-0.05, 0) is 24.7 Å². The highest BCUT2D eigenvalue weighted by Crippen LogP contribution is 2.22. The third-order valence-electron chi connectivity index (χ3n) is 3.28. The Morgan fingerprint density at radius 1 is 1.05 bits per heavy atom. The second-order valence-electron chi connectivity index (χ2n) is 5.23. The van der Waals surface area contributed by atoms with E-state index in [0.29, 0.717) is 16.6 Å². The molecule has 0 unspecified atom stereocenters. The van der Waals surface area contributed by atoms with E-state index in [1.54, 1.807) is 30.1 Å². The highest BCUT2D eigenvalue weighted by Gasteiger charge is 2.30. The molecule has 1 aromatic rings. The zero-order chi connectivity index (χ0) is 16.9. The van der Waals surface area contributed by atoms with E-state index >= 15 is 0 Å². The lowest BCUT2D eigenvalue weighted by molar-refractivity contribution is -0.118. The summed E-state index contributed by atoms with van der Waals surface area (Å²) < 4.78 is 0. The molecular formula is C14H21Cl2NO5. The highest BCUT2D eigenvalue weighted by molar-refractivity contribution is 6.35. The Hall–Kier alpha value is -0.440. The van der Waals surface area contributed by atoms with Crippen molar-refractivity contribution in [2.45, 2.75) is 31.0 Å². The quantitative estimate of drug-likeness (QED) is 0.445. The maximum atomic E-state index is 9.90. The number of halogens is 2. The smallest absolute Gasteiger partial charge is 0.111 e. The number of benzene rings is 1. The van der Waals surface area contributed by atoms with Gasteiger partial charge in [-0.3, -0.25) is 4.90 Å². The average molecular weight is 354 g/mol. The van der Waals surface area contributed by atoms with E-state index in [-0.39, 0.29) is 6.54 Å². The molecule has 4 atom stereocenters. The summed E-state index contributed by atoms with van der Waals surface area (Å²) in [6.45, 7) is -0.269. The predicted octanol–water partition coefficient (Wildman–Crippen LogP) is -0.139. The van der Waals surface area contributed by atoms with Crippen molar-refractivity contribution < 1.29 is 25.5 Å². The minimum absolute atomic E-state index is 0.0370. The van der Waals surface area contributed by atoms with Crippen LogP contribution < -0.4 is 0 Å². The predicted molar refractivity (Wildman–Crippen MR) is 83.9 cm³/mol. The molecule has 0 bridgehead atoms. The van der Waals surface area contributed by atoms with Crippen molar-refractivity contribution in [3.63, 3.8) is 0 Å². The zero-order valence-corrected chi connectivity index (χ0v) is 13.6. The number of rotatable bonds is 8. The third kappa shape index (κ3) is 5.64. The topological polar surface area (TPSA) is 104 Å². The van der Waals surface area contributed by atoms with Crippen molar-refractivity contribution in [2.24, 2.45) is 0 Å². The fourth-order valence-corrected chi connectivity index (χ4v) is 2.46. The number of aliphatic hydroxyl groups excluding tert-OH is 5. The Morgan fingerprint density at radius 2 is 1.64 bits per heavy atom. The van der Waals surface area contributed by atoms with Gasteiger partial charge in [0.05, 0.1) is 12.7 Å². The molecule has 0 spiro atoms. The van der Waals surface area contributed by atoms with E-state index in [1.807, 2.05) is 0 Å². The lowest BCUT2D eigenvalue weighted by Gasteiger charge is -2.28. The van der Waals surface area contributed by atoms with Gasteiger partial charge in [0.25, 0.3) is 0 Å². The van der Waals surface area contributed by atoms with Crippen molar-refractivity contribution >= 4 is 23.2 Å². The molecule has 0 saturated heterocycles. The first kappa shape index (κ1) is 19.6. The summed E-state index contributed by atoms with van der Waals surface area (Å²) in [6.07, 6.45) is -6.02. The molecule has 0 aliphatic rings. The molecule has 0 amide bonds. The molecule has 1 rings (SSSR count). The summed E-state index contributed by atoms with van der Waals surface area (Å²) >= 11 is 11.9. The van der Waals surface area contributed by atoms with Crippen LogP contribution in [0.3, 0.4) is 0 Å². The number of nitrogens with zero attached hydrogens (tertiary/aromatic N) is 1. The van der Waals surface area contributed by atoms with Gasteiger partial charge in [0.2, 0.25) is 0 Å². The Kier molecular flexibility index (Phi) is 8.02. The standard InChI is InChI=1S/C14H21Cl2NO5/c1-17(5-8-2-3-9(15)4-10(8)16)6-11(19)13(21)14(22)12(20)7-18/h2-4,11-14,18-22H,5-7H2,1H3/t11-,12+,13-,14+/m0/s1. The zero-order valence-electron chi connectivity index (χ0n) is 12.1. The summed E-state index contributed by atoms with van der Waals surface area (Å²) in [5.41, 5.74) is 0.797. The van der Waals surface area contributed by atoms with Gasteiger partial charge in [-0.1, -0.05) is 29.3 Å². The summed E-state index contributed by atoms with van der Waals surface area (Å²) in [4.78, 5) is 1.70. The molecule has 0 heterocycles. The van der Waals surface area contributed by atoms with Gasteiger partial charge in [0.15, 0.2) is 0 Å². The fraction of sp³-hybridized carbons (Fsp3) is 0.571. The van der Waals surface area contributed by atoms with Crippen molar-refractivity contribution in [1.82, 2.24) is 4.90 Å². The van der Waals surface area contributed by atoms with Crippen LogP contribution in [-0.4, -0.2) is 75.0 Å². The molecule has 8 heteroatoms. The van der Waals surface area contributed by atoms with Gasteiger partial charge in [0.1, 0.15) is 18.3 Å². The lowest BCUT2D eigenvalue weighted by Crippen LogP contribution is -2.49. The monoisotopic (exact) mass is 353 g/mol. The minimum atomic E-state index is -1.63. The molecular weight excluding hydrogens is 333 g/mol. The van der Waals surface area contributed by atoms with E-state index in [2.05, 4.69) is 0 Å². The van der Waals surface area contributed by atoms with Crippen LogP contribution >= 0.6 is 23.2 Å². The highest BCUT2D eigenvalue weighted by atomic mass is 35.5. The Labute approximate surface area is 139 Å². The first-order valence-corrected chi connectivity index (χ1v) is 7.47. The molecule has 126 valence electrons. The summed E-state index contributed by atoms with van der Waals surface area (Å²) in [6, 6.07) is 5.07. The van der Waals surface area contributed by atoms with Crippen LogP contribution in [0.1, 0.15) is 5.56 Å². The maximum absolute atomic E-state index is 9.90. The Balaban J connectivity index is 2.58. The van der Waals surface area contributed by atoms with E-state index in [1.165, 1.54) is 0 Å². The van der Waals surface area contributed by atoms with Crippen LogP contribution in [0.25, 0.3) is 0 Å². The van der Waals surface area contributed by atoms with Gasteiger partial charge >= 0.3 is 0 Å². The van der Waals surface area contributed by atoms with Gasteiger partial charge in [-0.2, -0.15) is 0 Å². The van der Waals surface area contributed by atoms with Gasteiger partial charge < -0.3 is 25.5 Å². The maximum Gasteiger partial charge on any atom is 0.111 e. The van der Waals surface area contributed by atoms with Crippen LogP contribution in [0.2, 0.25) is 10.0 Å². The average Bonchev–Trinajstić information content (AvgIpc) is 2.47. The normalized spacial score (nSPS) is 17.3. The first-order valence-electron chi connectivity index (χ1n) is 6.71. The summed E-state index contributed by atoms with van der Waals surface area (Å²) in [7, 11) is 1.70. The summed E-state index contributed by atoms with van der Waals surface area (Å²) in [5, 5.41) is 48.2. The van der Waals surface area contributed by atoms with Crippen molar-refractivity contribution in [1.29, 1.82) is 0 Å². The number of hydrogen-bond donors (Lipinski definition) is 5. The largest absolute Gasteiger partial charge is 0.394 e. The molecule has 6 nitrogen and oxygen atoms in total. The molecule has 0 aromatic heterocycles. The van der Waals surface area contributed by atoms with Gasteiger partial charge in [0, 0.05) is 23.1 Å². The van der Waals surface area contributed by atoms with Crippen LogP contribution in [-0.2, 0) is 6.54 Å². The van der Waals surface area contributed by atoms with E-state index in [0.717, 1.165) is 5.56 Å². The second-order valence-corrected chi connectivity index (χ2v) is 6.07. The molecule has 5 N–H and O–H groups in total. The van der Waals surface area contributed by atoms with Crippen LogP contribution in [0, 0.1) is 0 Å². The molecule has 0 aliphatic heterocycles. The third-order valence-corrected chi connectivity index (χ3v) is 3.87. The number of likely N-dealkylation sites (N-methyl/N-ethyl adjacent to an activating group) is 1. The van der Waals surface area contributed by atoms with Crippen molar-refractivity contribution in [2.75, 3.05) is 20.2 Å². The van der Waals surface area contributed by atoms with Crippen LogP contribution in [0.15, 0.2) is 18.2 Å². The van der Waals surface area contributed by atoms with Crippen LogP contribution in [0.5, 0.6) is 0 Å². The van der Waals surface area contributed by atoms with Gasteiger partial charge in [-0.25, -0.2) is 0 Å². The fourth-order valence-electron chi connectivity index (χ4n) is 2.00. The molecule has 0 fully saturated rings. The first-order chi connectivity index (χ1) is 10.3. The SMILES string of the molecule is CN(Cc1ccc(Cl)cc1Cl)C[C@H](O)[C@H](O)[C@H](O)[C@H](O)CO.